The number of nitrogens with one attached hydrogen (secondary N) is 1. The van der Waals surface area contributed by atoms with E-state index in [1.54, 1.807) is 22.4 Å². The minimum atomic E-state index is -1.12. The Morgan fingerprint density at radius 1 is 1.16 bits per heavy atom. The summed E-state index contributed by atoms with van der Waals surface area (Å²) in [6.45, 7) is 0.391. The molecule has 0 fully saturated rings. The van der Waals surface area contributed by atoms with Crippen LogP contribution in [0.5, 0.6) is 0 Å². The summed E-state index contributed by atoms with van der Waals surface area (Å²) in [6.07, 6.45) is 0.724. The van der Waals surface area contributed by atoms with Crippen molar-refractivity contribution in [3.05, 3.63) is 57.8 Å². The maximum absolute atomic E-state index is 12.6. The van der Waals surface area contributed by atoms with Crippen LogP contribution in [0, 0.1) is 0 Å². The second-order valence-electron chi connectivity index (χ2n) is 5.79. The molecule has 2 heterocycles. The van der Waals surface area contributed by atoms with Crippen molar-refractivity contribution in [2.45, 2.75) is 19.0 Å². The highest BCUT2D eigenvalue weighted by atomic mass is 32.1. The third-order valence-electron chi connectivity index (χ3n) is 4.18. The van der Waals surface area contributed by atoms with Crippen molar-refractivity contribution in [1.82, 2.24) is 10.2 Å². The molecule has 0 spiro atoms. The van der Waals surface area contributed by atoms with E-state index in [0.29, 0.717) is 18.0 Å². The average molecular weight is 358 g/mol. The summed E-state index contributed by atoms with van der Waals surface area (Å²) >= 11 is 1.15. The Balaban J connectivity index is 1.66. The Morgan fingerprint density at radius 3 is 2.60 bits per heavy atom. The van der Waals surface area contributed by atoms with Crippen molar-refractivity contribution < 1.29 is 19.5 Å². The van der Waals surface area contributed by atoms with Gasteiger partial charge in [-0.2, -0.15) is 0 Å². The first-order chi connectivity index (χ1) is 12.1. The SMILES string of the molecule is O=C(NC(CO)C(=O)N1CCc2ccccc2C1)C(=O)c1cccs1. The average Bonchev–Trinajstić information content (AvgIpc) is 3.19. The van der Waals surface area contributed by atoms with Gasteiger partial charge in [0.05, 0.1) is 11.5 Å². The molecule has 2 aromatic rings. The Kier molecular flexibility index (Phi) is 5.25. The number of carbonyl (C=O) groups excluding carboxylic acids is 3. The highest BCUT2D eigenvalue weighted by Gasteiger charge is 2.30. The van der Waals surface area contributed by atoms with Crippen LogP contribution in [0.1, 0.15) is 20.8 Å². The van der Waals surface area contributed by atoms with Gasteiger partial charge < -0.3 is 15.3 Å². The standard InChI is InChI=1S/C18H18N2O4S/c21-11-14(19-17(23)16(22)15-6-3-9-25-15)18(24)20-8-7-12-4-1-2-5-13(12)10-20/h1-6,9,14,21H,7-8,10-11H2,(H,19,23). The van der Waals surface area contributed by atoms with Gasteiger partial charge >= 0.3 is 0 Å². The van der Waals surface area contributed by atoms with Gasteiger partial charge in [-0.3, -0.25) is 14.4 Å². The Bertz CT molecular complexity index is 788. The number of aliphatic hydroxyl groups excluding tert-OH is 1. The lowest BCUT2D eigenvalue weighted by Crippen LogP contribution is -2.52. The fraction of sp³-hybridized carbons (Fsp3) is 0.278. The summed E-state index contributed by atoms with van der Waals surface area (Å²) in [6, 6.07) is 9.96. The van der Waals surface area contributed by atoms with Gasteiger partial charge in [-0.15, -0.1) is 11.3 Å². The van der Waals surface area contributed by atoms with Crippen LogP contribution in [0.4, 0.5) is 0 Å². The largest absolute Gasteiger partial charge is 0.394 e. The van der Waals surface area contributed by atoms with Gasteiger partial charge in [0.2, 0.25) is 5.91 Å². The second-order valence-corrected chi connectivity index (χ2v) is 6.74. The highest BCUT2D eigenvalue weighted by Crippen LogP contribution is 2.19. The third-order valence-corrected chi connectivity index (χ3v) is 5.05. The number of nitrogens with zero attached hydrogens (tertiary/aromatic N) is 1. The molecular weight excluding hydrogens is 340 g/mol. The molecule has 1 atom stereocenters. The van der Waals surface area contributed by atoms with Crippen molar-refractivity contribution in [2.75, 3.05) is 13.2 Å². The Morgan fingerprint density at radius 2 is 1.92 bits per heavy atom. The molecule has 2 N–H and O–H groups in total. The van der Waals surface area contributed by atoms with Crippen LogP contribution < -0.4 is 5.32 Å². The first-order valence-corrected chi connectivity index (χ1v) is 8.83. The molecular formula is C18H18N2O4S. The van der Waals surface area contributed by atoms with Gasteiger partial charge in [0.1, 0.15) is 6.04 Å². The smallest absolute Gasteiger partial charge is 0.293 e. The van der Waals surface area contributed by atoms with E-state index in [4.69, 9.17) is 0 Å². The zero-order valence-corrected chi connectivity index (χ0v) is 14.3. The topological polar surface area (TPSA) is 86.7 Å². The third kappa shape index (κ3) is 3.78. The van der Waals surface area contributed by atoms with Crippen LogP contribution in [-0.2, 0) is 22.6 Å². The first kappa shape index (κ1) is 17.3. The van der Waals surface area contributed by atoms with Crippen LogP contribution in [0.15, 0.2) is 41.8 Å². The van der Waals surface area contributed by atoms with E-state index in [2.05, 4.69) is 5.32 Å². The number of hydrogen-bond acceptors (Lipinski definition) is 5. The molecule has 0 bridgehead atoms. The quantitative estimate of drug-likeness (QED) is 0.617. The van der Waals surface area contributed by atoms with Crippen molar-refractivity contribution >= 4 is 28.9 Å². The summed E-state index contributed by atoms with van der Waals surface area (Å²) < 4.78 is 0. The molecule has 130 valence electrons. The fourth-order valence-corrected chi connectivity index (χ4v) is 3.49. The zero-order chi connectivity index (χ0) is 17.8. The Labute approximate surface area is 149 Å². The number of Topliss-reactive ketones (excluding diaryl/α,β-unsaturated/α-hetero) is 1. The minimum Gasteiger partial charge on any atom is -0.394 e. The number of ketones is 1. The predicted molar refractivity (Wildman–Crippen MR) is 93.2 cm³/mol. The first-order valence-electron chi connectivity index (χ1n) is 7.95. The normalized spacial score (nSPS) is 14.5. The summed E-state index contributed by atoms with van der Waals surface area (Å²) in [7, 11) is 0. The van der Waals surface area contributed by atoms with Crippen LogP contribution in [-0.4, -0.2) is 46.8 Å². The number of carbonyl (C=O) groups is 3. The van der Waals surface area contributed by atoms with Crippen LogP contribution in [0.2, 0.25) is 0 Å². The number of thiophene rings is 1. The summed E-state index contributed by atoms with van der Waals surface area (Å²) in [5.74, 6) is -1.97. The molecule has 1 aliphatic heterocycles. The van der Waals surface area contributed by atoms with E-state index < -0.39 is 24.3 Å². The molecule has 7 heteroatoms. The number of aliphatic hydroxyl groups is 1. The number of hydrogen-bond donors (Lipinski definition) is 2. The Hall–Kier alpha value is -2.51. The van der Waals surface area contributed by atoms with E-state index >= 15 is 0 Å². The lowest BCUT2D eigenvalue weighted by Gasteiger charge is -2.31. The van der Waals surface area contributed by atoms with Crippen LogP contribution in [0.25, 0.3) is 0 Å². The van der Waals surface area contributed by atoms with Crippen LogP contribution >= 0.6 is 11.3 Å². The van der Waals surface area contributed by atoms with E-state index in [9.17, 15) is 19.5 Å². The van der Waals surface area contributed by atoms with Gasteiger partial charge in [-0.1, -0.05) is 30.3 Å². The lowest BCUT2D eigenvalue weighted by molar-refractivity contribution is -0.137. The fourth-order valence-electron chi connectivity index (χ4n) is 2.83. The summed E-state index contributed by atoms with van der Waals surface area (Å²) in [4.78, 5) is 38.6. The molecule has 3 rings (SSSR count). The number of fused-ring (bicyclic) bond motifs is 1. The predicted octanol–water partition coefficient (Wildman–Crippen LogP) is 0.993. The van der Waals surface area contributed by atoms with E-state index in [1.807, 2.05) is 24.3 Å². The molecule has 1 unspecified atom stereocenters. The van der Waals surface area contributed by atoms with Gasteiger partial charge in [0, 0.05) is 13.1 Å². The second kappa shape index (κ2) is 7.58. The van der Waals surface area contributed by atoms with Gasteiger partial charge in [-0.25, -0.2) is 0 Å². The van der Waals surface area contributed by atoms with E-state index in [0.717, 1.165) is 23.3 Å². The molecule has 0 saturated heterocycles. The van der Waals surface area contributed by atoms with E-state index in [1.165, 1.54) is 5.56 Å². The van der Waals surface area contributed by atoms with Crippen molar-refractivity contribution in [3.8, 4) is 0 Å². The molecule has 1 aliphatic rings. The highest BCUT2D eigenvalue weighted by molar-refractivity contribution is 7.13. The monoisotopic (exact) mass is 358 g/mol. The maximum Gasteiger partial charge on any atom is 0.293 e. The molecule has 6 nitrogen and oxygen atoms in total. The van der Waals surface area contributed by atoms with Gasteiger partial charge in [0.15, 0.2) is 0 Å². The molecule has 25 heavy (non-hydrogen) atoms. The number of amides is 2. The van der Waals surface area contributed by atoms with Crippen molar-refractivity contribution in [3.63, 3.8) is 0 Å². The van der Waals surface area contributed by atoms with Gasteiger partial charge in [-0.05, 0) is 29.0 Å². The molecule has 0 radical (unpaired) electrons. The molecule has 2 amide bonds. The van der Waals surface area contributed by atoms with Gasteiger partial charge in [0.25, 0.3) is 11.7 Å². The van der Waals surface area contributed by atoms with E-state index in [-0.39, 0.29) is 5.91 Å². The molecule has 0 saturated carbocycles. The molecule has 1 aromatic heterocycles. The maximum atomic E-state index is 12.6. The number of rotatable bonds is 5. The van der Waals surface area contributed by atoms with Crippen molar-refractivity contribution in [2.24, 2.45) is 0 Å². The molecule has 1 aromatic carbocycles. The lowest BCUT2D eigenvalue weighted by atomic mass is 9.99. The number of benzene rings is 1. The summed E-state index contributed by atoms with van der Waals surface area (Å²) in [5, 5.41) is 13.6. The van der Waals surface area contributed by atoms with Crippen molar-refractivity contribution in [1.29, 1.82) is 0 Å². The zero-order valence-electron chi connectivity index (χ0n) is 13.5. The minimum absolute atomic E-state index is 0.300. The summed E-state index contributed by atoms with van der Waals surface area (Å²) in [5.41, 5.74) is 2.25. The molecule has 0 aliphatic carbocycles. The van der Waals surface area contributed by atoms with Crippen LogP contribution in [0.3, 0.4) is 0 Å².